The second-order valence-corrected chi connectivity index (χ2v) is 5.04. The molecule has 0 aromatic rings. The first kappa shape index (κ1) is 10.9. The Balaban J connectivity index is 2.49. The monoisotopic (exact) mass is 208 g/mol. The molecule has 0 aliphatic carbocycles. The molecule has 1 saturated heterocycles. The average molecular weight is 208 g/mol. The first-order chi connectivity index (χ1) is 6.03. The van der Waals surface area contributed by atoms with Crippen molar-refractivity contribution in [1.82, 2.24) is 4.90 Å². The Bertz CT molecular complexity index is 252. The molecule has 5 nitrogen and oxygen atoms in total. The minimum atomic E-state index is -3.38. The molecule has 0 aromatic carbocycles. The van der Waals surface area contributed by atoms with Gasteiger partial charge >= 0.3 is 0 Å². The van der Waals surface area contributed by atoms with E-state index < -0.39 is 10.0 Å². The summed E-state index contributed by atoms with van der Waals surface area (Å²) in [7, 11) is -3.38. The highest BCUT2D eigenvalue weighted by atomic mass is 32.2. The number of primary sulfonamides is 1. The van der Waals surface area contributed by atoms with E-state index in [1.807, 2.05) is 4.90 Å². The van der Waals surface area contributed by atoms with Crippen molar-refractivity contribution >= 4 is 10.0 Å². The number of nitrogens with two attached hydrogens (primary N) is 1. The molecule has 13 heavy (non-hydrogen) atoms. The van der Waals surface area contributed by atoms with Crippen molar-refractivity contribution in [1.29, 1.82) is 0 Å². The lowest BCUT2D eigenvalue weighted by Gasteiger charge is -2.22. The maximum Gasteiger partial charge on any atom is 0.210 e. The van der Waals surface area contributed by atoms with E-state index in [2.05, 4.69) is 0 Å². The molecule has 3 N–H and O–H groups in total. The van der Waals surface area contributed by atoms with Crippen LogP contribution in [-0.2, 0) is 10.0 Å². The Morgan fingerprint density at radius 3 is 2.77 bits per heavy atom. The van der Waals surface area contributed by atoms with Crippen LogP contribution in [0.15, 0.2) is 0 Å². The number of hydrogen-bond acceptors (Lipinski definition) is 4. The molecule has 78 valence electrons. The van der Waals surface area contributed by atoms with E-state index in [-0.39, 0.29) is 18.4 Å². The summed E-state index contributed by atoms with van der Waals surface area (Å²) in [5.41, 5.74) is 0. The van der Waals surface area contributed by atoms with Crippen molar-refractivity contribution in [2.24, 2.45) is 5.14 Å². The molecule has 0 spiro atoms. The van der Waals surface area contributed by atoms with E-state index in [1.165, 1.54) is 0 Å². The van der Waals surface area contributed by atoms with Gasteiger partial charge < -0.3 is 5.11 Å². The Morgan fingerprint density at radius 2 is 2.23 bits per heavy atom. The highest BCUT2D eigenvalue weighted by Crippen LogP contribution is 2.17. The number of aliphatic hydroxyl groups excluding tert-OH is 1. The summed E-state index contributed by atoms with van der Waals surface area (Å²) in [6.07, 6.45) is 1.84. The summed E-state index contributed by atoms with van der Waals surface area (Å²) in [5.74, 6) is 0.00694. The van der Waals surface area contributed by atoms with Crippen molar-refractivity contribution in [2.75, 3.05) is 25.4 Å². The molecule has 1 heterocycles. The van der Waals surface area contributed by atoms with E-state index in [4.69, 9.17) is 10.2 Å². The van der Waals surface area contributed by atoms with Gasteiger partial charge in [-0.3, -0.25) is 4.90 Å². The van der Waals surface area contributed by atoms with Gasteiger partial charge in [-0.05, 0) is 19.4 Å². The van der Waals surface area contributed by atoms with E-state index in [9.17, 15) is 8.42 Å². The quantitative estimate of drug-likeness (QED) is 0.603. The fourth-order valence-corrected chi connectivity index (χ4v) is 2.69. The third kappa shape index (κ3) is 3.60. The van der Waals surface area contributed by atoms with Crippen LogP contribution in [0.2, 0.25) is 0 Å². The van der Waals surface area contributed by atoms with Crippen molar-refractivity contribution in [2.45, 2.75) is 18.9 Å². The molecule has 6 heteroatoms. The van der Waals surface area contributed by atoms with Crippen LogP contribution < -0.4 is 5.14 Å². The zero-order valence-electron chi connectivity index (χ0n) is 7.52. The molecule has 1 atom stereocenters. The number of likely N-dealkylation sites (tertiary alicyclic amines) is 1. The van der Waals surface area contributed by atoms with E-state index in [1.54, 1.807) is 0 Å². The zero-order chi connectivity index (χ0) is 9.90. The number of aliphatic hydroxyl groups is 1. The minimum absolute atomic E-state index is 0.00199. The second-order valence-electron chi connectivity index (χ2n) is 3.39. The van der Waals surface area contributed by atoms with Gasteiger partial charge in [-0.15, -0.1) is 0 Å². The van der Waals surface area contributed by atoms with E-state index in [0.717, 1.165) is 19.4 Å². The first-order valence-corrected chi connectivity index (χ1v) is 6.10. The fraction of sp³-hybridized carbons (Fsp3) is 1.00. The van der Waals surface area contributed by atoms with Crippen molar-refractivity contribution in [3.8, 4) is 0 Å². The van der Waals surface area contributed by atoms with Gasteiger partial charge in [0.25, 0.3) is 0 Å². The molecular formula is C7H16N2O3S. The standard InChI is InChI=1S/C7H16N2O3S/c8-13(11,12)6-7-2-1-3-9(7)4-5-10/h7,10H,1-6H2,(H2,8,11,12). The second kappa shape index (κ2) is 4.36. The summed E-state index contributed by atoms with van der Waals surface area (Å²) >= 11 is 0. The Morgan fingerprint density at radius 1 is 1.54 bits per heavy atom. The van der Waals surface area contributed by atoms with Crippen LogP contribution in [0, 0.1) is 0 Å². The molecule has 1 aliphatic heterocycles. The summed E-state index contributed by atoms with van der Waals surface area (Å²) in [5, 5.41) is 13.7. The summed E-state index contributed by atoms with van der Waals surface area (Å²) in [6, 6.07) is 0.00199. The van der Waals surface area contributed by atoms with Crippen molar-refractivity contribution in [3.05, 3.63) is 0 Å². The number of hydrogen-bond donors (Lipinski definition) is 2. The van der Waals surface area contributed by atoms with Gasteiger partial charge in [0.2, 0.25) is 10.0 Å². The van der Waals surface area contributed by atoms with E-state index >= 15 is 0 Å². The Hall–Kier alpha value is -0.170. The highest BCUT2D eigenvalue weighted by Gasteiger charge is 2.26. The molecule has 1 fully saturated rings. The van der Waals surface area contributed by atoms with Crippen molar-refractivity contribution in [3.63, 3.8) is 0 Å². The molecule has 0 bridgehead atoms. The van der Waals surface area contributed by atoms with Gasteiger partial charge in [0.15, 0.2) is 0 Å². The highest BCUT2D eigenvalue weighted by molar-refractivity contribution is 7.89. The van der Waals surface area contributed by atoms with Crippen LogP contribution in [0.3, 0.4) is 0 Å². The molecule has 0 radical (unpaired) electrons. The molecule has 0 aromatic heterocycles. The Kier molecular flexibility index (Phi) is 3.66. The lowest BCUT2D eigenvalue weighted by Crippen LogP contribution is -2.38. The Labute approximate surface area is 78.6 Å². The SMILES string of the molecule is NS(=O)(=O)CC1CCCN1CCO. The summed E-state index contributed by atoms with van der Waals surface area (Å²) in [6.45, 7) is 1.47. The van der Waals surface area contributed by atoms with Gasteiger partial charge in [0.1, 0.15) is 0 Å². The predicted octanol–water partition coefficient (Wildman–Crippen LogP) is -1.27. The zero-order valence-corrected chi connectivity index (χ0v) is 8.33. The normalized spacial score (nSPS) is 25.2. The van der Waals surface area contributed by atoms with Gasteiger partial charge in [-0.1, -0.05) is 0 Å². The van der Waals surface area contributed by atoms with Gasteiger partial charge in [-0.25, -0.2) is 13.6 Å². The van der Waals surface area contributed by atoms with Crippen LogP contribution >= 0.6 is 0 Å². The van der Waals surface area contributed by atoms with Gasteiger partial charge in [-0.2, -0.15) is 0 Å². The maximum absolute atomic E-state index is 10.8. The summed E-state index contributed by atoms with van der Waals surface area (Å²) in [4.78, 5) is 1.98. The van der Waals surface area contributed by atoms with Crippen LogP contribution in [0.25, 0.3) is 0 Å². The van der Waals surface area contributed by atoms with Gasteiger partial charge in [0.05, 0.1) is 12.4 Å². The third-order valence-corrected chi connectivity index (χ3v) is 3.16. The topological polar surface area (TPSA) is 83.6 Å². The number of sulfonamides is 1. The smallest absolute Gasteiger partial charge is 0.210 e. The van der Waals surface area contributed by atoms with Crippen LogP contribution in [0.5, 0.6) is 0 Å². The lowest BCUT2D eigenvalue weighted by atomic mass is 10.2. The molecular weight excluding hydrogens is 192 g/mol. The predicted molar refractivity (Wildman–Crippen MR) is 49.7 cm³/mol. The van der Waals surface area contributed by atoms with Crippen LogP contribution in [0.4, 0.5) is 0 Å². The summed E-state index contributed by atoms with van der Waals surface area (Å²) < 4.78 is 21.7. The minimum Gasteiger partial charge on any atom is -0.395 e. The lowest BCUT2D eigenvalue weighted by molar-refractivity contribution is 0.193. The van der Waals surface area contributed by atoms with Crippen LogP contribution in [0.1, 0.15) is 12.8 Å². The first-order valence-electron chi connectivity index (χ1n) is 4.38. The van der Waals surface area contributed by atoms with Crippen molar-refractivity contribution < 1.29 is 13.5 Å². The largest absolute Gasteiger partial charge is 0.395 e. The average Bonchev–Trinajstić information content (AvgIpc) is 2.34. The number of β-amino-alcohol motifs (C(OH)–C–C–N with tert-alkyl or cyclic N) is 1. The molecule has 1 unspecified atom stereocenters. The molecule has 1 aliphatic rings. The maximum atomic E-state index is 10.8. The molecule has 1 rings (SSSR count). The van der Waals surface area contributed by atoms with E-state index in [0.29, 0.717) is 6.54 Å². The fourth-order valence-electron chi connectivity index (χ4n) is 1.77. The number of rotatable bonds is 4. The number of nitrogens with zero attached hydrogens (tertiary/aromatic N) is 1. The van der Waals surface area contributed by atoms with Gasteiger partial charge in [0, 0.05) is 12.6 Å². The molecule has 0 saturated carbocycles. The third-order valence-electron chi connectivity index (χ3n) is 2.31. The van der Waals surface area contributed by atoms with Crippen LogP contribution in [-0.4, -0.2) is 49.9 Å². The molecule has 0 amide bonds.